The molecule has 0 aromatic carbocycles. The van der Waals surface area contributed by atoms with Gasteiger partial charge in [-0.3, -0.25) is 4.98 Å². The van der Waals surface area contributed by atoms with Crippen LogP contribution in [-0.2, 0) is 0 Å². The van der Waals surface area contributed by atoms with Gasteiger partial charge < -0.3 is 4.42 Å². The molecule has 0 amide bonds. The summed E-state index contributed by atoms with van der Waals surface area (Å²) in [6.45, 7) is 2.21. The smallest absolute Gasteiger partial charge is 0.408 e. The lowest BCUT2D eigenvalue weighted by Gasteiger charge is -1.87. The van der Waals surface area contributed by atoms with Crippen LogP contribution in [0.15, 0.2) is 9.21 Å². The van der Waals surface area contributed by atoms with Gasteiger partial charge in [0.1, 0.15) is 0 Å². The molecule has 0 bridgehead atoms. The van der Waals surface area contributed by atoms with Crippen molar-refractivity contribution in [2.24, 2.45) is 17.8 Å². The maximum Gasteiger partial charge on any atom is 0.417 e. The molecule has 0 radical (unpaired) electrons. The van der Waals surface area contributed by atoms with Crippen molar-refractivity contribution in [1.29, 1.82) is 0 Å². The SMILES string of the molecule is CC1C2C=c3[nH]c(=O)oc3=CC12. The van der Waals surface area contributed by atoms with Crippen LogP contribution in [0, 0.1) is 17.8 Å². The van der Waals surface area contributed by atoms with Crippen molar-refractivity contribution < 1.29 is 4.42 Å². The van der Waals surface area contributed by atoms with Crippen LogP contribution in [0.1, 0.15) is 6.92 Å². The van der Waals surface area contributed by atoms with E-state index in [4.69, 9.17) is 4.42 Å². The van der Waals surface area contributed by atoms with Gasteiger partial charge >= 0.3 is 5.76 Å². The summed E-state index contributed by atoms with van der Waals surface area (Å²) < 4.78 is 4.95. The highest BCUT2D eigenvalue weighted by molar-refractivity contribution is 5.47. The zero-order chi connectivity index (χ0) is 8.29. The highest BCUT2D eigenvalue weighted by Gasteiger charge is 2.44. The number of hydrogen-bond acceptors (Lipinski definition) is 2. The number of H-pyrrole nitrogens is 1. The Bertz CT molecular complexity index is 451. The topological polar surface area (TPSA) is 46.0 Å². The summed E-state index contributed by atoms with van der Waals surface area (Å²) in [6.07, 6.45) is 4.16. The molecule has 1 saturated carbocycles. The first-order chi connectivity index (χ1) is 5.75. The molecule has 0 spiro atoms. The summed E-state index contributed by atoms with van der Waals surface area (Å²) in [5.41, 5.74) is 0.727. The van der Waals surface area contributed by atoms with E-state index in [0.29, 0.717) is 11.8 Å². The molecule has 2 aliphatic rings. The van der Waals surface area contributed by atoms with Crippen LogP contribution in [-0.4, -0.2) is 4.98 Å². The fraction of sp³-hybridized carbons (Fsp3) is 0.444. The lowest BCUT2D eigenvalue weighted by molar-refractivity contribution is 0.483. The molecule has 62 valence electrons. The van der Waals surface area contributed by atoms with Crippen molar-refractivity contribution >= 4 is 12.2 Å². The van der Waals surface area contributed by atoms with E-state index >= 15 is 0 Å². The van der Waals surface area contributed by atoms with Gasteiger partial charge in [-0.1, -0.05) is 13.0 Å². The van der Waals surface area contributed by atoms with Crippen molar-refractivity contribution in [1.82, 2.24) is 4.98 Å². The van der Waals surface area contributed by atoms with E-state index in [0.717, 1.165) is 16.7 Å². The first-order valence-electron chi connectivity index (χ1n) is 4.18. The molecule has 3 atom stereocenters. The van der Waals surface area contributed by atoms with Crippen molar-refractivity contribution in [2.75, 3.05) is 0 Å². The number of oxazole rings is 1. The van der Waals surface area contributed by atoms with E-state index in [1.54, 1.807) is 0 Å². The van der Waals surface area contributed by atoms with E-state index in [1.807, 2.05) is 0 Å². The second kappa shape index (κ2) is 1.73. The molecule has 0 aliphatic heterocycles. The molecule has 3 rings (SSSR count). The number of rotatable bonds is 0. The maximum absolute atomic E-state index is 10.8. The Morgan fingerprint density at radius 1 is 1.42 bits per heavy atom. The molecular weight excluding hydrogens is 154 g/mol. The number of hydrogen-bond donors (Lipinski definition) is 1. The zero-order valence-corrected chi connectivity index (χ0v) is 6.70. The summed E-state index contributed by atoms with van der Waals surface area (Å²) in [5, 5.41) is 0.866. The Morgan fingerprint density at radius 3 is 3.00 bits per heavy atom. The van der Waals surface area contributed by atoms with Crippen LogP contribution in [0.25, 0.3) is 12.2 Å². The standard InChI is InChI=1S/C9H9NO2/c1-4-5-2-7-8(3-6(4)5)12-9(11)10-7/h2-6H,1H3,(H,10,11). The maximum atomic E-state index is 10.8. The number of aromatic nitrogens is 1. The van der Waals surface area contributed by atoms with E-state index in [-0.39, 0.29) is 5.76 Å². The normalized spacial score (nSPS) is 35.9. The molecular formula is C9H9NO2. The third kappa shape index (κ3) is 0.636. The predicted octanol–water partition coefficient (Wildman–Crippen LogP) is -0.575. The van der Waals surface area contributed by atoms with Crippen LogP contribution in [0.4, 0.5) is 0 Å². The minimum atomic E-state index is -0.346. The second-order valence-electron chi connectivity index (χ2n) is 3.64. The van der Waals surface area contributed by atoms with Crippen LogP contribution >= 0.6 is 0 Å². The van der Waals surface area contributed by atoms with E-state index < -0.39 is 0 Å². The molecule has 1 aromatic rings. The molecule has 1 heterocycles. The monoisotopic (exact) mass is 163 g/mol. The Hall–Kier alpha value is -1.25. The highest BCUT2D eigenvalue weighted by Crippen LogP contribution is 2.48. The third-order valence-corrected chi connectivity index (χ3v) is 2.93. The highest BCUT2D eigenvalue weighted by atomic mass is 16.4. The van der Waals surface area contributed by atoms with Gasteiger partial charge in [0.25, 0.3) is 0 Å². The number of aromatic amines is 1. The minimum absolute atomic E-state index is 0.346. The summed E-state index contributed by atoms with van der Waals surface area (Å²) in [6, 6.07) is 0. The Balaban J connectivity index is 2.35. The van der Waals surface area contributed by atoms with Gasteiger partial charge in [-0.25, -0.2) is 4.79 Å². The van der Waals surface area contributed by atoms with Crippen molar-refractivity contribution in [2.45, 2.75) is 6.92 Å². The van der Waals surface area contributed by atoms with Crippen LogP contribution in [0.5, 0.6) is 0 Å². The summed E-state index contributed by atoms with van der Waals surface area (Å²) in [7, 11) is 0. The van der Waals surface area contributed by atoms with Crippen molar-refractivity contribution in [3.05, 3.63) is 21.3 Å². The van der Waals surface area contributed by atoms with Crippen molar-refractivity contribution in [3.8, 4) is 0 Å². The molecule has 0 saturated heterocycles. The Labute approximate surface area is 68.4 Å². The van der Waals surface area contributed by atoms with E-state index in [2.05, 4.69) is 24.1 Å². The van der Waals surface area contributed by atoms with Gasteiger partial charge in [-0.05, 0) is 23.8 Å². The summed E-state index contributed by atoms with van der Waals surface area (Å²) >= 11 is 0. The second-order valence-corrected chi connectivity index (χ2v) is 3.64. The van der Waals surface area contributed by atoms with Crippen LogP contribution in [0.3, 0.4) is 0 Å². The first-order valence-corrected chi connectivity index (χ1v) is 4.18. The summed E-state index contributed by atoms with van der Waals surface area (Å²) in [5.74, 6) is 1.61. The molecule has 3 nitrogen and oxygen atoms in total. The quantitative estimate of drug-likeness (QED) is 0.556. The molecule has 1 N–H and O–H groups in total. The lowest BCUT2D eigenvalue weighted by Crippen LogP contribution is -2.25. The van der Waals surface area contributed by atoms with Gasteiger partial charge in [0.05, 0.1) is 5.35 Å². The molecule has 2 aliphatic carbocycles. The number of nitrogens with one attached hydrogen (secondary N) is 1. The third-order valence-electron chi connectivity index (χ3n) is 2.93. The predicted molar refractivity (Wildman–Crippen MR) is 43.7 cm³/mol. The van der Waals surface area contributed by atoms with Gasteiger partial charge in [-0.15, -0.1) is 0 Å². The van der Waals surface area contributed by atoms with Crippen LogP contribution < -0.4 is 16.5 Å². The molecule has 1 aromatic heterocycles. The fourth-order valence-electron chi connectivity index (χ4n) is 2.02. The average Bonchev–Trinajstić information content (AvgIpc) is 2.53. The molecule has 1 fully saturated rings. The van der Waals surface area contributed by atoms with E-state index in [1.165, 1.54) is 0 Å². The fourth-order valence-corrected chi connectivity index (χ4v) is 2.02. The Kier molecular flexibility index (Phi) is 0.908. The number of fused-ring (bicyclic) bond motifs is 2. The van der Waals surface area contributed by atoms with Gasteiger partial charge in [0.2, 0.25) is 0 Å². The molecule has 12 heavy (non-hydrogen) atoms. The largest absolute Gasteiger partial charge is 0.417 e. The van der Waals surface area contributed by atoms with Crippen LogP contribution in [0.2, 0.25) is 0 Å². The first kappa shape index (κ1) is 6.29. The van der Waals surface area contributed by atoms with Gasteiger partial charge in [0, 0.05) is 0 Å². The molecule has 3 heteroatoms. The average molecular weight is 163 g/mol. The van der Waals surface area contributed by atoms with E-state index in [9.17, 15) is 4.79 Å². The molecule has 3 unspecified atom stereocenters. The Morgan fingerprint density at radius 2 is 2.17 bits per heavy atom. The summed E-state index contributed by atoms with van der Waals surface area (Å²) in [4.78, 5) is 13.5. The minimum Gasteiger partial charge on any atom is -0.408 e. The zero-order valence-electron chi connectivity index (χ0n) is 6.70. The van der Waals surface area contributed by atoms with Crippen molar-refractivity contribution in [3.63, 3.8) is 0 Å². The van der Waals surface area contributed by atoms with Gasteiger partial charge in [-0.2, -0.15) is 0 Å². The lowest BCUT2D eigenvalue weighted by atomic mass is 10.2. The van der Waals surface area contributed by atoms with Gasteiger partial charge in [0.15, 0.2) is 5.42 Å².